The van der Waals surface area contributed by atoms with Gasteiger partial charge in [0.2, 0.25) is 0 Å². The van der Waals surface area contributed by atoms with Crippen LogP contribution in [0, 0.1) is 11.8 Å². The Balaban J connectivity index is 1.44. The van der Waals surface area contributed by atoms with Gasteiger partial charge in [0.1, 0.15) is 17.5 Å². The molecule has 5 aliphatic heterocycles. The van der Waals surface area contributed by atoms with Crippen LogP contribution >= 0.6 is 0 Å². The highest BCUT2D eigenvalue weighted by Crippen LogP contribution is 2.56. The number of carbonyl (C=O) groups is 1. The number of nitrogens with zero attached hydrogens (tertiary/aromatic N) is 1. The van der Waals surface area contributed by atoms with E-state index in [0.717, 1.165) is 43.7 Å². The summed E-state index contributed by atoms with van der Waals surface area (Å²) in [7, 11) is 0. The zero-order valence-electron chi connectivity index (χ0n) is 18.7. The zero-order chi connectivity index (χ0) is 21.6. The molecule has 5 nitrogen and oxygen atoms in total. The Morgan fingerprint density at radius 1 is 1.09 bits per heavy atom. The van der Waals surface area contributed by atoms with Gasteiger partial charge in [0.25, 0.3) is 5.95 Å². The van der Waals surface area contributed by atoms with Gasteiger partial charge in [-0.2, -0.15) is 0 Å². The number of rotatable bonds is 0. The van der Waals surface area contributed by atoms with E-state index >= 15 is 0 Å². The topological polar surface area (TPSA) is 48.0 Å². The van der Waals surface area contributed by atoms with E-state index < -0.39 is 5.60 Å². The van der Waals surface area contributed by atoms with Crippen molar-refractivity contribution < 1.29 is 19.0 Å². The van der Waals surface area contributed by atoms with Gasteiger partial charge in [0.15, 0.2) is 5.78 Å². The smallest absolute Gasteiger partial charge is 0.288 e. The van der Waals surface area contributed by atoms with Crippen molar-refractivity contribution in [3.8, 4) is 5.75 Å². The van der Waals surface area contributed by atoms with E-state index in [4.69, 9.17) is 14.2 Å². The predicted molar refractivity (Wildman–Crippen MR) is 121 cm³/mol. The minimum atomic E-state index is -0.484. The molecule has 2 unspecified atom stereocenters. The minimum Gasteiger partial charge on any atom is -0.492 e. The molecular formula is C27H29NO4. The summed E-state index contributed by atoms with van der Waals surface area (Å²) in [6, 6.07) is 2.35. The molecule has 166 valence electrons. The first kappa shape index (κ1) is 18.8. The second-order valence-electron chi connectivity index (χ2n) is 10.5. The first-order chi connectivity index (χ1) is 15.5. The molecule has 0 amide bonds. The van der Waals surface area contributed by atoms with Gasteiger partial charge >= 0.3 is 0 Å². The number of ether oxygens (including phenoxy) is 3. The fourth-order valence-electron chi connectivity index (χ4n) is 6.78. The van der Waals surface area contributed by atoms with E-state index in [2.05, 4.69) is 24.8 Å². The molecule has 0 N–H and O–H groups in total. The molecule has 0 fully saturated rings. The molecule has 0 aromatic heterocycles. The van der Waals surface area contributed by atoms with Crippen LogP contribution in [0.1, 0.15) is 49.3 Å². The number of ketones is 1. The van der Waals surface area contributed by atoms with Crippen LogP contribution < -0.4 is 9.64 Å². The molecule has 4 atom stereocenters. The van der Waals surface area contributed by atoms with Gasteiger partial charge < -0.3 is 19.1 Å². The highest BCUT2D eigenvalue weighted by atomic mass is 16.7. The third-order valence-electron chi connectivity index (χ3n) is 8.32. The van der Waals surface area contributed by atoms with Gasteiger partial charge in [-0.25, -0.2) is 0 Å². The Morgan fingerprint density at radius 3 is 2.78 bits per heavy atom. The van der Waals surface area contributed by atoms with Crippen LogP contribution in [0.5, 0.6) is 5.75 Å². The SMILES string of the molecule is CC1(C)OC2=C(C(=O)C3C=CC=CC3O2)[C@H]2c3cc4c5c(c3OC[C@H]21)CCCN5CCC4. The third kappa shape index (κ3) is 2.42. The Labute approximate surface area is 188 Å². The van der Waals surface area contributed by atoms with Crippen molar-refractivity contribution in [1.82, 2.24) is 0 Å². The van der Waals surface area contributed by atoms with Gasteiger partial charge in [-0.05, 0) is 57.2 Å². The monoisotopic (exact) mass is 431 g/mol. The Bertz CT molecular complexity index is 1120. The maximum Gasteiger partial charge on any atom is 0.288 e. The minimum absolute atomic E-state index is 0.0518. The van der Waals surface area contributed by atoms with E-state index in [1.54, 1.807) is 0 Å². The van der Waals surface area contributed by atoms with Crippen LogP contribution in [-0.4, -0.2) is 37.2 Å². The molecule has 0 bridgehead atoms. The van der Waals surface area contributed by atoms with Crippen LogP contribution in [0.3, 0.4) is 0 Å². The maximum atomic E-state index is 13.8. The molecule has 1 aromatic carbocycles. The lowest BCUT2D eigenvalue weighted by Crippen LogP contribution is -2.52. The molecule has 7 rings (SSSR count). The number of benzene rings is 1. The maximum absolute atomic E-state index is 13.8. The number of hydrogen-bond acceptors (Lipinski definition) is 5. The standard InChI is InChI=1S/C27H29NO4/c1-27(2)19-14-30-25-17-9-6-12-28-11-5-7-15(23(17)28)13-18(25)21(19)22-24(29)16-8-3-4-10-20(16)31-26(22)32-27/h3-4,8,10,13,16,19-21H,5-7,9,11-12,14H2,1-2H3/t16?,19-,20?,21+/m1/s1. The number of carbonyl (C=O) groups excluding carboxylic acids is 1. The normalized spacial score (nSPS) is 33.1. The summed E-state index contributed by atoms with van der Waals surface area (Å²) in [5.41, 5.74) is 5.59. The van der Waals surface area contributed by atoms with Crippen molar-refractivity contribution in [2.75, 3.05) is 24.6 Å². The summed E-state index contributed by atoms with van der Waals surface area (Å²) in [4.78, 5) is 16.4. The number of anilines is 1. The zero-order valence-corrected chi connectivity index (χ0v) is 18.7. The lowest BCUT2D eigenvalue weighted by molar-refractivity contribution is -0.153. The largest absolute Gasteiger partial charge is 0.492 e. The van der Waals surface area contributed by atoms with E-state index in [0.29, 0.717) is 12.6 Å². The molecule has 0 saturated carbocycles. The highest BCUT2D eigenvalue weighted by molar-refractivity contribution is 6.02. The van der Waals surface area contributed by atoms with Crippen molar-refractivity contribution in [1.29, 1.82) is 0 Å². The first-order valence-electron chi connectivity index (χ1n) is 12.1. The lowest BCUT2D eigenvalue weighted by atomic mass is 9.66. The van der Waals surface area contributed by atoms with Crippen LogP contribution in [0.25, 0.3) is 0 Å². The van der Waals surface area contributed by atoms with Gasteiger partial charge in [0, 0.05) is 41.7 Å². The number of Topliss-reactive ketones (excluding diaryl/α,β-unsaturated/α-hetero) is 1. The van der Waals surface area contributed by atoms with Crippen LogP contribution in [0.15, 0.2) is 41.9 Å². The van der Waals surface area contributed by atoms with Gasteiger partial charge in [-0.1, -0.05) is 18.2 Å². The number of fused-ring (bicyclic) bond motifs is 6. The second-order valence-corrected chi connectivity index (χ2v) is 10.5. The van der Waals surface area contributed by atoms with E-state index in [9.17, 15) is 4.79 Å². The Kier molecular flexibility index (Phi) is 3.79. The molecule has 1 aromatic rings. The molecule has 0 radical (unpaired) electrons. The van der Waals surface area contributed by atoms with E-state index in [-0.39, 0.29) is 29.6 Å². The second kappa shape index (κ2) is 6.43. The Hall–Kier alpha value is -2.69. The van der Waals surface area contributed by atoms with Crippen LogP contribution in [0.4, 0.5) is 5.69 Å². The van der Waals surface area contributed by atoms with Gasteiger partial charge in [-0.15, -0.1) is 0 Å². The van der Waals surface area contributed by atoms with Crippen molar-refractivity contribution in [3.63, 3.8) is 0 Å². The van der Waals surface area contributed by atoms with Gasteiger partial charge in [-0.3, -0.25) is 4.79 Å². The highest BCUT2D eigenvalue weighted by Gasteiger charge is 2.55. The average molecular weight is 432 g/mol. The fourth-order valence-corrected chi connectivity index (χ4v) is 6.78. The van der Waals surface area contributed by atoms with Crippen molar-refractivity contribution in [2.45, 2.75) is 57.2 Å². The molecule has 0 saturated heterocycles. The molecule has 32 heavy (non-hydrogen) atoms. The molecule has 6 aliphatic rings. The first-order valence-corrected chi connectivity index (χ1v) is 12.1. The molecule has 5 heteroatoms. The molecule has 5 heterocycles. The number of hydrogen-bond donors (Lipinski definition) is 0. The molecule has 0 spiro atoms. The van der Waals surface area contributed by atoms with E-state index in [1.807, 2.05) is 24.3 Å². The average Bonchev–Trinajstić information content (AvgIpc) is 2.79. The summed E-state index contributed by atoms with van der Waals surface area (Å²) in [5, 5.41) is 0. The summed E-state index contributed by atoms with van der Waals surface area (Å²) in [6.07, 6.45) is 12.0. The molecular weight excluding hydrogens is 402 g/mol. The van der Waals surface area contributed by atoms with Crippen LogP contribution in [-0.2, 0) is 27.1 Å². The summed E-state index contributed by atoms with van der Waals surface area (Å²) in [6.45, 7) is 7.03. The van der Waals surface area contributed by atoms with Crippen LogP contribution in [0.2, 0.25) is 0 Å². The van der Waals surface area contributed by atoms with Crippen molar-refractivity contribution in [3.05, 3.63) is 58.6 Å². The van der Waals surface area contributed by atoms with Crippen molar-refractivity contribution >= 4 is 11.5 Å². The van der Waals surface area contributed by atoms with Crippen molar-refractivity contribution in [2.24, 2.45) is 11.8 Å². The van der Waals surface area contributed by atoms with E-state index in [1.165, 1.54) is 28.8 Å². The predicted octanol–water partition coefficient (Wildman–Crippen LogP) is 4.21. The third-order valence-corrected chi connectivity index (χ3v) is 8.32. The number of allylic oxidation sites excluding steroid dienone is 3. The quantitative estimate of drug-likeness (QED) is 0.616. The summed E-state index contributed by atoms with van der Waals surface area (Å²) in [5.74, 6) is 1.34. The Morgan fingerprint density at radius 2 is 1.91 bits per heavy atom. The fraction of sp³-hybridized carbons (Fsp3) is 0.519. The summed E-state index contributed by atoms with van der Waals surface area (Å²) >= 11 is 0. The van der Waals surface area contributed by atoms with Gasteiger partial charge in [0.05, 0.1) is 18.1 Å². The summed E-state index contributed by atoms with van der Waals surface area (Å²) < 4.78 is 19.2. The lowest BCUT2D eigenvalue weighted by Gasteiger charge is -2.50. The number of aryl methyl sites for hydroxylation is 1. The molecule has 1 aliphatic carbocycles.